The minimum absolute atomic E-state index is 0.00592. The van der Waals surface area contributed by atoms with Gasteiger partial charge in [-0.2, -0.15) is 0 Å². The molecular formula is C13H10ClNO3. The van der Waals surface area contributed by atoms with Crippen LogP contribution in [-0.2, 0) is 0 Å². The number of hydrogen-bond donors (Lipinski definition) is 0. The molecular weight excluding hydrogens is 254 g/mol. The maximum atomic E-state index is 12.0. The normalized spacial score (nSPS) is 22.4. The van der Waals surface area contributed by atoms with Crippen LogP contribution in [0, 0.1) is 10.1 Å². The van der Waals surface area contributed by atoms with E-state index in [2.05, 4.69) is 0 Å². The quantitative estimate of drug-likeness (QED) is 0.277. The van der Waals surface area contributed by atoms with Crippen molar-refractivity contribution in [2.45, 2.75) is 11.4 Å². The Labute approximate surface area is 109 Å². The zero-order valence-electron chi connectivity index (χ0n) is 9.38. The number of rotatable bonds is 3. The van der Waals surface area contributed by atoms with Crippen molar-refractivity contribution in [2.75, 3.05) is 0 Å². The molecule has 92 valence electrons. The first-order valence-electron chi connectivity index (χ1n) is 5.35. The molecule has 0 N–H and O–H groups in total. The minimum Gasteiger partial charge on any atom is -0.289 e. The summed E-state index contributed by atoms with van der Waals surface area (Å²) in [5.41, 5.74) is 0.982. The second-order valence-electron chi connectivity index (χ2n) is 3.97. The number of nitrogens with zero attached hydrogens (tertiary/aromatic N) is 1. The van der Waals surface area contributed by atoms with Gasteiger partial charge in [-0.3, -0.25) is 14.9 Å². The lowest BCUT2D eigenvalue weighted by atomic mass is 9.96. The summed E-state index contributed by atoms with van der Waals surface area (Å²) in [4.78, 5) is 20.6. The maximum absolute atomic E-state index is 12.0. The van der Waals surface area contributed by atoms with E-state index in [1.807, 2.05) is 6.07 Å². The van der Waals surface area contributed by atoms with Crippen molar-refractivity contribution < 1.29 is 9.72 Å². The van der Waals surface area contributed by atoms with Gasteiger partial charge < -0.3 is 0 Å². The third-order valence-corrected chi connectivity index (χ3v) is 3.15. The van der Waals surface area contributed by atoms with Crippen molar-refractivity contribution >= 4 is 17.4 Å². The zero-order chi connectivity index (χ0) is 13.2. The SMILES string of the molecule is O=C(C1=CCC(Cl)([N+](=O)[O-])C=C1)c1ccccc1. The monoisotopic (exact) mass is 263 g/mol. The zero-order valence-corrected chi connectivity index (χ0v) is 10.1. The Balaban J connectivity index is 2.20. The lowest BCUT2D eigenvalue weighted by molar-refractivity contribution is -0.527. The van der Waals surface area contributed by atoms with Crippen molar-refractivity contribution in [1.82, 2.24) is 0 Å². The summed E-state index contributed by atoms with van der Waals surface area (Å²) in [5, 5.41) is 10.7. The molecule has 0 saturated carbocycles. The third kappa shape index (κ3) is 2.33. The van der Waals surface area contributed by atoms with E-state index in [4.69, 9.17) is 11.6 Å². The highest BCUT2D eigenvalue weighted by Gasteiger charge is 2.38. The summed E-state index contributed by atoms with van der Waals surface area (Å²) in [6.07, 6.45) is 4.18. The molecule has 0 spiro atoms. The van der Waals surface area contributed by atoms with Gasteiger partial charge >= 0.3 is 5.00 Å². The highest BCUT2D eigenvalue weighted by atomic mass is 35.5. The lowest BCUT2D eigenvalue weighted by Gasteiger charge is -2.16. The van der Waals surface area contributed by atoms with Crippen LogP contribution in [0.3, 0.4) is 0 Å². The van der Waals surface area contributed by atoms with E-state index >= 15 is 0 Å². The fourth-order valence-electron chi connectivity index (χ4n) is 1.67. The van der Waals surface area contributed by atoms with Gasteiger partial charge in [-0.1, -0.05) is 36.4 Å². The highest BCUT2D eigenvalue weighted by Crippen LogP contribution is 2.29. The third-order valence-electron chi connectivity index (χ3n) is 2.73. The van der Waals surface area contributed by atoms with E-state index in [0.29, 0.717) is 11.1 Å². The topological polar surface area (TPSA) is 60.2 Å². The van der Waals surface area contributed by atoms with E-state index in [1.165, 1.54) is 18.2 Å². The lowest BCUT2D eigenvalue weighted by Crippen LogP contribution is -2.30. The van der Waals surface area contributed by atoms with E-state index in [9.17, 15) is 14.9 Å². The fraction of sp³-hybridized carbons (Fsp3) is 0.154. The molecule has 0 radical (unpaired) electrons. The molecule has 0 bridgehead atoms. The van der Waals surface area contributed by atoms with Crippen molar-refractivity contribution in [2.24, 2.45) is 0 Å². The Bertz CT molecular complexity index is 551. The van der Waals surface area contributed by atoms with Crippen LogP contribution < -0.4 is 0 Å². The van der Waals surface area contributed by atoms with E-state index < -0.39 is 9.92 Å². The standard InChI is InChI=1S/C13H10ClNO3/c14-13(15(17)18)8-6-11(7-9-13)12(16)10-4-2-1-3-5-10/h1-8H,9H2. The van der Waals surface area contributed by atoms with Crippen molar-refractivity contribution in [3.05, 3.63) is 69.8 Å². The second kappa shape index (κ2) is 4.74. The number of carbonyl (C=O) groups is 1. The van der Waals surface area contributed by atoms with Crippen LogP contribution in [0.5, 0.6) is 0 Å². The van der Waals surface area contributed by atoms with Gasteiger partial charge in [0.2, 0.25) is 0 Å². The molecule has 0 heterocycles. The van der Waals surface area contributed by atoms with Crippen molar-refractivity contribution in [3.8, 4) is 0 Å². The minimum atomic E-state index is -1.62. The van der Waals surface area contributed by atoms with Gasteiger partial charge in [0.1, 0.15) is 0 Å². The van der Waals surface area contributed by atoms with Gasteiger partial charge in [-0.15, -0.1) is 0 Å². The fourth-order valence-corrected chi connectivity index (χ4v) is 1.81. The molecule has 0 aliphatic heterocycles. The summed E-state index contributed by atoms with van der Waals surface area (Å²) < 4.78 is 0. The number of halogens is 1. The molecule has 18 heavy (non-hydrogen) atoms. The summed E-state index contributed by atoms with van der Waals surface area (Å²) in [5.74, 6) is -0.158. The molecule has 5 heteroatoms. The van der Waals surface area contributed by atoms with Gasteiger partial charge in [0.05, 0.1) is 6.42 Å². The van der Waals surface area contributed by atoms with Crippen LogP contribution in [0.15, 0.2) is 54.1 Å². The van der Waals surface area contributed by atoms with Gasteiger partial charge in [0, 0.05) is 22.1 Å². The molecule has 0 fully saturated rings. The van der Waals surface area contributed by atoms with Crippen LogP contribution in [0.4, 0.5) is 0 Å². The summed E-state index contributed by atoms with van der Waals surface area (Å²) in [6, 6.07) is 8.75. The predicted molar refractivity (Wildman–Crippen MR) is 68.2 cm³/mol. The molecule has 0 aromatic heterocycles. The van der Waals surface area contributed by atoms with Crippen LogP contribution in [-0.4, -0.2) is 15.7 Å². The first kappa shape index (κ1) is 12.5. The Morgan fingerprint density at radius 2 is 2.00 bits per heavy atom. The molecule has 0 saturated heterocycles. The molecule has 1 atom stereocenters. The molecule has 4 nitrogen and oxygen atoms in total. The largest absolute Gasteiger partial charge is 0.317 e. The number of ketones is 1. The molecule has 1 aromatic rings. The maximum Gasteiger partial charge on any atom is 0.317 e. The number of hydrogen-bond acceptors (Lipinski definition) is 3. The second-order valence-corrected chi connectivity index (χ2v) is 4.62. The highest BCUT2D eigenvalue weighted by molar-refractivity contribution is 6.24. The Morgan fingerprint density at radius 1 is 1.33 bits per heavy atom. The van der Waals surface area contributed by atoms with E-state index in [1.54, 1.807) is 24.3 Å². The van der Waals surface area contributed by atoms with Crippen molar-refractivity contribution in [3.63, 3.8) is 0 Å². The smallest absolute Gasteiger partial charge is 0.289 e. The number of Topliss-reactive ketones (excluding diaryl/α,β-unsaturated/α-hetero) is 1. The van der Waals surface area contributed by atoms with E-state index in [0.717, 1.165) is 0 Å². The summed E-state index contributed by atoms with van der Waals surface area (Å²) in [7, 11) is 0. The Kier molecular flexibility index (Phi) is 3.30. The van der Waals surface area contributed by atoms with Crippen LogP contribution >= 0.6 is 11.6 Å². The average molecular weight is 264 g/mol. The van der Waals surface area contributed by atoms with Crippen LogP contribution in [0.2, 0.25) is 0 Å². The molecule has 2 rings (SSSR count). The molecule has 1 unspecified atom stereocenters. The Morgan fingerprint density at radius 3 is 2.50 bits per heavy atom. The number of carbonyl (C=O) groups excluding carboxylic acids is 1. The number of nitro groups is 1. The van der Waals surface area contributed by atoms with Crippen LogP contribution in [0.25, 0.3) is 0 Å². The predicted octanol–water partition coefficient (Wildman–Crippen LogP) is 2.97. The molecule has 1 aliphatic rings. The van der Waals surface area contributed by atoms with Gasteiger partial charge in [-0.05, 0) is 17.7 Å². The first-order valence-corrected chi connectivity index (χ1v) is 5.73. The Hall–Kier alpha value is -1.94. The summed E-state index contributed by atoms with van der Waals surface area (Å²) in [6.45, 7) is 0. The molecule has 0 amide bonds. The number of benzene rings is 1. The van der Waals surface area contributed by atoms with Crippen LogP contribution in [0.1, 0.15) is 16.8 Å². The first-order chi connectivity index (χ1) is 8.53. The van der Waals surface area contributed by atoms with Gasteiger partial charge in [0.15, 0.2) is 5.78 Å². The van der Waals surface area contributed by atoms with Crippen molar-refractivity contribution in [1.29, 1.82) is 0 Å². The molecule has 1 aliphatic carbocycles. The summed E-state index contributed by atoms with van der Waals surface area (Å²) >= 11 is 5.78. The average Bonchev–Trinajstić information content (AvgIpc) is 2.40. The number of alkyl halides is 1. The molecule has 1 aromatic carbocycles. The van der Waals surface area contributed by atoms with E-state index in [-0.39, 0.29) is 12.2 Å². The number of allylic oxidation sites excluding steroid dienone is 2. The van der Waals surface area contributed by atoms with Gasteiger partial charge in [0.25, 0.3) is 0 Å². The van der Waals surface area contributed by atoms with Gasteiger partial charge in [-0.25, -0.2) is 0 Å².